The smallest absolute Gasteiger partial charge is 0.146 e. The molecule has 0 saturated carbocycles. The Labute approximate surface area is 96.7 Å². The van der Waals surface area contributed by atoms with Gasteiger partial charge in [-0.2, -0.15) is 0 Å². The van der Waals surface area contributed by atoms with Crippen LogP contribution in [0.1, 0.15) is 13.8 Å². The molecule has 0 aliphatic carbocycles. The largest absolute Gasteiger partial charge is 0.367 e. The van der Waals surface area contributed by atoms with Crippen molar-refractivity contribution >= 4 is 5.69 Å². The molecule has 0 atom stereocenters. The van der Waals surface area contributed by atoms with Gasteiger partial charge in [0, 0.05) is 32.2 Å². The van der Waals surface area contributed by atoms with E-state index in [-0.39, 0.29) is 5.82 Å². The number of para-hydroxylation sites is 1. The van der Waals surface area contributed by atoms with E-state index in [1.807, 2.05) is 12.1 Å². The van der Waals surface area contributed by atoms with E-state index in [4.69, 9.17) is 0 Å². The van der Waals surface area contributed by atoms with Gasteiger partial charge in [-0.3, -0.25) is 4.90 Å². The summed E-state index contributed by atoms with van der Waals surface area (Å²) < 4.78 is 13.6. The molecule has 1 aliphatic rings. The molecule has 1 saturated heterocycles. The highest BCUT2D eigenvalue weighted by Crippen LogP contribution is 2.20. The Morgan fingerprint density at radius 1 is 1.06 bits per heavy atom. The molecule has 0 amide bonds. The highest BCUT2D eigenvalue weighted by molar-refractivity contribution is 5.47. The Morgan fingerprint density at radius 2 is 1.69 bits per heavy atom. The molecule has 0 unspecified atom stereocenters. The third kappa shape index (κ3) is 2.35. The molecule has 1 aromatic rings. The van der Waals surface area contributed by atoms with Crippen LogP contribution in [-0.4, -0.2) is 37.1 Å². The lowest BCUT2D eigenvalue weighted by Crippen LogP contribution is -2.49. The lowest BCUT2D eigenvalue weighted by molar-refractivity contribution is 0.209. The van der Waals surface area contributed by atoms with E-state index in [0.29, 0.717) is 6.04 Å². The lowest BCUT2D eigenvalue weighted by atomic mass is 10.2. The quantitative estimate of drug-likeness (QED) is 0.758. The van der Waals surface area contributed by atoms with Crippen LogP contribution in [0.3, 0.4) is 0 Å². The maximum absolute atomic E-state index is 13.6. The normalized spacial score (nSPS) is 18.1. The second-order valence-electron chi connectivity index (χ2n) is 4.57. The van der Waals surface area contributed by atoms with E-state index < -0.39 is 0 Å². The van der Waals surface area contributed by atoms with Crippen molar-refractivity contribution in [2.45, 2.75) is 19.9 Å². The van der Waals surface area contributed by atoms with Gasteiger partial charge in [0.2, 0.25) is 0 Å². The van der Waals surface area contributed by atoms with Gasteiger partial charge in [-0.25, -0.2) is 4.39 Å². The molecular formula is C13H19FN2. The van der Waals surface area contributed by atoms with Gasteiger partial charge in [-0.1, -0.05) is 12.1 Å². The van der Waals surface area contributed by atoms with E-state index in [1.54, 1.807) is 6.07 Å². The van der Waals surface area contributed by atoms with Gasteiger partial charge in [0.1, 0.15) is 5.82 Å². The van der Waals surface area contributed by atoms with E-state index in [1.165, 1.54) is 6.07 Å². The number of hydrogen-bond donors (Lipinski definition) is 0. The Morgan fingerprint density at radius 3 is 2.25 bits per heavy atom. The topological polar surface area (TPSA) is 6.48 Å². The third-order valence-electron chi connectivity index (χ3n) is 3.24. The van der Waals surface area contributed by atoms with Crippen molar-refractivity contribution in [3.63, 3.8) is 0 Å². The first-order valence-corrected chi connectivity index (χ1v) is 5.92. The molecule has 1 aliphatic heterocycles. The number of halogens is 1. The molecule has 0 radical (unpaired) electrons. The van der Waals surface area contributed by atoms with Crippen LogP contribution in [0.2, 0.25) is 0 Å². The van der Waals surface area contributed by atoms with Gasteiger partial charge in [0.25, 0.3) is 0 Å². The monoisotopic (exact) mass is 222 g/mol. The minimum atomic E-state index is -0.111. The average Bonchev–Trinajstić information content (AvgIpc) is 2.30. The number of anilines is 1. The predicted octanol–water partition coefficient (Wildman–Crippen LogP) is 2.36. The van der Waals surface area contributed by atoms with Crippen LogP contribution in [0.4, 0.5) is 10.1 Å². The fourth-order valence-corrected chi connectivity index (χ4v) is 2.19. The zero-order chi connectivity index (χ0) is 11.5. The van der Waals surface area contributed by atoms with Gasteiger partial charge in [0.15, 0.2) is 0 Å². The molecule has 0 N–H and O–H groups in total. The van der Waals surface area contributed by atoms with Crippen LogP contribution < -0.4 is 4.90 Å². The van der Waals surface area contributed by atoms with E-state index in [0.717, 1.165) is 31.9 Å². The van der Waals surface area contributed by atoms with Crippen LogP contribution in [0.25, 0.3) is 0 Å². The molecule has 3 heteroatoms. The summed E-state index contributed by atoms with van der Waals surface area (Å²) >= 11 is 0. The number of nitrogens with zero attached hydrogens (tertiary/aromatic N) is 2. The second kappa shape index (κ2) is 4.83. The minimum Gasteiger partial charge on any atom is -0.367 e. The predicted molar refractivity (Wildman–Crippen MR) is 65.3 cm³/mol. The summed E-state index contributed by atoms with van der Waals surface area (Å²) in [5.41, 5.74) is 0.742. The van der Waals surface area contributed by atoms with Crippen LogP contribution in [-0.2, 0) is 0 Å². The summed E-state index contributed by atoms with van der Waals surface area (Å²) in [5.74, 6) is -0.111. The summed E-state index contributed by atoms with van der Waals surface area (Å²) in [5, 5.41) is 0. The highest BCUT2D eigenvalue weighted by Gasteiger charge is 2.20. The maximum Gasteiger partial charge on any atom is 0.146 e. The molecular weight excluding hydrogens is 203 g/mol. The molecule has 1 heterocycles. The Balaban J connectivity index is 2.02. The zero-order valence-electron chi connectivity index (χ0n) is 9.99. The van der Waals surface area contributed by atoms with E-state index >= 15 is 0 Å². The van der Waals surface area contributed by atoms with Gasteiger partial charge in [0.05, 0.1) is 5.69 Å². The maximum atomic E-state index is 13.6. The fraction of sp³-hybridized carbons (Fsp3) is 0.538. The molecule has 2 rings (SSSR count). The summed E-state index contributed by atoms with van der Waals surface area (Å²) in [4.78, 5) is 4.56. The van der Waals surface area contributed by atoms with Crippen molar-refractivity contribution in [3.05, 3.63) is 30.1 Å². The lowest BCUT2D eigenvalue weighted by Gasteiger charge is -2.38. The van der Waals surface area contributed by atoms with Crippen molar-refractivity contribution in [2.24, 2.45) is 0 Å². The number of rotatable bonds is 2. The van der Waals surface area contributed by atoms with Gasteiger partial charge in [-0.15, -0.1) is 0 Å². The van der Waals surface area contributed by atoms with Gasteiger partial charge >= 0.3 is 0 Å². The first kappa shape index (κ1) is 11.4. The van der Waals surface area contributed by atoms with Crippen molar-refractivity contribution in [2.75, 3.05) is 31.1 Å². The first-order valence-electron chi connectivity index (χ1n) is 5.92. The molecule has 0 spiro atoms. The SMILES string of the molecule is CC(C)N1CCN(c2ccccc2F)CC1. The highest BCUT2D eigenvalue weighted by atomic mass is 19.1. The summed E-state index contributed by atoms with van der Waals surface area (Å²) in [7, 11) is 0. The molecule has 2 nitrogen and oxygen atoms in total. The minimum absolute atomic E-state index is 0.111. The van der Waals surface area contributed by atoms with Gasteiger partial charge in [-0.05, 0) is 26.0 Å². The number of benzene rings is 1. The van der Waals surface area contributed by atoms with Crippen molar-refractivity contribution in [1.82, 2.24) is 4.90 Å². The van der Waals surface area contributed by atoms with Crippen LogP contribution in [0.15, 0.2) is 24.3 Å². The van der Waals surface area contributed by atoms with Crippen LogP contribution in [0, 0.1) is 5.82 Å². The summed E-state index contributed by atoms with van der Waals surface area (Å²) in [6.07, 6.45) is 0. The Kier molecular flexibility index (Phi) is 3.44. The first-order chi connectivity index (χ1) is 7.68. The van der Waals surface area contributed by atoms with Crippen molar-refractivity contribution in [3.8, 4) is 0 Å². The zero-order valence-corrected chi connectivity index (χ0v) is 9.99. The van der Waals surface area contributed by atoms with Crippen molar-refractivity contribution in [1.29, 1.82) is 0 Å². The third-order valence-corrected chi connectivity index (χ3v) is 3.24. The number of hydrogen-bond acceptors (Lipinski definition) is 2. The Hall–Kier alpha value is -1.09. The fourth-order valence-electron chi connectivity index (χ4n) is 2.19. The van der Waals surface area contributed by atoms with Crippen molar-refractivity contribution < 1.29 is 4.39 Å². The van der Waals surface area contributed by atoms with E-state index in [9.17, 15) is 4.39 Å². The molecule has 16 heavy (non-hydrogen) atoms. The average molecular weight is 222 g/mol. The summed E-state index contributed by atoms with van der Waals surface area (Å²) in [6.45, 7) is 8.29. The molecule has 1 aromatic carbocycles. The molecule has 1 fully saturated rings. The second-order valence-corrected chi connectivity index (χ2v) is 4.57. The van der Waals surface area contributed by atoms with E-state index in [2.05, 4.69) is 23.6 Å². The van der Waals surface area contributed by atoms with Crippen LogP contribution in [0.5, 0.6) is 0 Å². The number of piperazine rings is 1. The van der Waals surface area contributed by atoms with Crippen LogP contribution >= 0.6 is 0 Å². The summed E-state index contributed by atoms with van der Waals surface area (Å²) in [6, 6.07) is 7.61. The van der Waals surface area contributed by atoms with Gasteiger partial charge < -0.3 is 4.90 Å². The Bertz CT molecular complexity index is 344. The molecule has 88 valence electrons. The standard InChI is InChI=1S/C13H19FN2/c1-11(2)15-7-9-16(10-8-15)13-6-4-3-5-12(13)14/h3-6,11H,7-10H2,1-2H3. The molecule has 0 aromatic heterocycles. The molecule has 0 bridgehead atoms.